The van der Waals surface area contributed by atoms with Gasteiger partial charge in [0.1, 0.15) is 12.4 Å². The third-order valence-corrected chi connectivity index (χ3v) is 5.58. The van der Waals surface area contributed by atoms with Crippen LogP contribution >= 0.6 is 0 Å². The quantitative estimate of drug-likeness (QED) is 0.615. The van der Waals surface area contributed by atoms with Gasteiger partial charge in [0.05, 0.1) is 17.3 Å². The molecule has 0 saturated heterocycles. The number of benzene rings is 3. The SMILES string of the molecule is CC1=Nc2ccccc2N(CC(=O)Nc2ccc(C)c(F)c2)C(=O)C1Cc1ccccc1. The van der Waals surface area contributed by atoms with E-state index in [1.807, 2.05) is 55.5 Å². The monoisotopic (exact) mass is 429 g/mol. The first-order valence-electron chi connectivity index (χ1n) is 10.5. The Hall–Kier alpha value is -3.80. The number of hydrogen-bond acceptors (Lipinski definition) is 3. The number of fused-ring (bicyclic) bond motifs is 1. The van der Waals surface area contributed by atoms with E-state index in [0.717, 1.165) is 5.56 Å². The minimum absolute atomic E-state index is 0.190. The molecule has 1 unspecified atom stereocenters. The van der Waals surface area contributed by atoms with Crippen LogP contribution in [0.5, 0.6) is 0 Å². The number of amides is 2. The van der Waals surface area contributed by atoms with Gasteiger partial charge in [0.2, 0.25) is 11.8 Å². The topological polar surface area (TPSA) is 61.8 Å². The molecular weight excluding hydrogens is 405 g/mol. The molecule has 0 saturated carbocycles. The van der Waals surface area contributed by atoms with Gasteiger partial charge < -0.3 is 10.2 Å². The summed E-state index contributed by atoms with van der Waals surface area (Å²) >= 11 is 0. The van der Waals surface area contributed by atoms with Crippen molar-refractivity contribution in [2.24, 2.45) is 10.9 Å². The van der Waals surface area contributed by atoms with E-state index in [-0.39, 0.29) is 12.5 Å². The van der Waals surface area contributed by atoms with Gasteiger partial charge in [-0.05, 0) is 55.7 Å². The highest BCUT2D eigenvalue weighted by Gasteiger charge is 2.33. The van der Waals surface area contributed by atoms with Gasteiger partial charge in [-0.1, -0.05) is 48.5 Å². The minimum atomic E-state index is -0.491. The summed E-state index contributed by atoms with van der Waals surface area (Å²) in [6.07, 6.45) is 0.490. The van der Waals surface area contributed by atoms with E-state index in [1.165, 1.54) is 11.0 Å². The molecule has 0 bridgehead atoms. The number of anilines is 2. The van der Waals surface area contributed by atoms with Crippen molar-refractivity contribution in [2.75, 3.05) is 16.8 Å². The second-order valence-electron chi connectivity index (χ2n) is 7.92. The van der Waals surface area contributed by atoms with Crippen molar-refractivity contribution in [3.05, 3.63) is 89.7 Å². The summed E-state index contributed by atoms with van der Waals surface area (Å²) in [6, 6.07) is 21.5. The van der Waals surface area contributed by atoms with Crippen LogP contribution in [0, 0.1) is 18.7 Å². The Kier molecular flexibility index (Phi) is 6.12. The Bertz CT molecular complexity index is 1190. The molecule has 32 heavy (non-hydrogen) atoms. The summed E-state index contributed by atoms with van der Waals surface area (Å²) in [4.78, 5) is 32.6. The molecule has 3 aromatic rings. The maximum absolute atomic E-state index is 13.9. The van der Waals surface area contributed by atoms with Crippen LogP contribution in [0.3, 0.4) is 0 Å². The number of halogens is 1. The fourth-order valence-electron chi connectivity index (χ4n) is 3.80. The van der Waals surface area contributed by atoms with Gasteiger partial charge >= 0.3 is 0 Å². The third-order valence-electron chi connectivity index (χ3n) is 5.58. The number of nitrogens with zero attached hydrogens (tertiary/aromatic N) is 2. The summed E-state index contributed by atoms with van der Waals surface area (Å²) < 4.78 is 13.9. The van der Waals surface area contributed by atoms with Crippen molar-refractivity contribution in [3.63, 3.8) is 0 Å². The maximum atomic E-state index is 13.9. The smallest absolute Gasteiger partial charge is 0.244 e. The van der Waals surface area contributed by atoms with Gasteiger partial charge in [0.25, 0.3) is 0 Å². The predicted octanol–water partition coefficient (Wildman–Crippen LogP) is 5.07. The van der Waals surface area contributed by atoms with Crippen LogP contribution in [0.4, 0.5) is 21.5 Å². The van der Waals surface area contributed by atoms with Crippen molar-refractivity contribution in [1.29, 1.82) is 0 Å². The lowest BCUT2D eigenvalue weighted by molar-refractivity contribution is -0.123. The van der Waals surface area contributed by atoms with Crippen LogP contribution in [0.25, 0.3) is 0 Å². The molecule has 3 aromatic carbocycles. The maximum Gasteiger partial charge on any atom is 0.244 e. The van der Waals surface area contributed by atoms with Gasteiger partial charge in [-0.25, -0.2) is 4.39 Å². The van der Waals surface area contributed by atoms with Crippen molar-refractivity contribution in [2.45, 2.75) is 20.3 Å². The zero-order valence-electron chi connectivity index (χ0n) is 18.0. The summed E-state index contributed by atoms with van der Waals surface area (Å²) in [7, 11) is 0. The van der Waals surface area contributed by atoms with E-state index < -0.39 is 17.6 Å². The zero-order valence-corrected chi connectivity index (χ0v) is 18.0. The molecule has 162 valence electrons. The second-order valence-corrected chi connectivity index (χ2v) is 7.92. The van der Waals surface area contributed by atoms with E-state index in [2.05, 4.69) is 5.32 Å². The molecule has 0 radical (unpaired) electrons. The number of aliphatic imine (C=N–C) groups is 1. The first-order valence-corrected chi connectivity index (χ1v) is 10.5. The van der Waals surface area contributed by atoms with E-state index in [4.69, 9.17) is 4.99 Å². The first-order chi connectivity index (χ1) is 15.4. The molecule has 5 nitrogen and oxygen atoms in total. The van der Waals surface area contributed by atoms with Gasteiger partial charge in [0.15, 0.2) is 0 Å². The van der Waals surface area contributed by atoms with Crippen LogP contribution in [0.2, 0.25) is 0 Å². The number of carbonyl (C=O) groups excluding carboxylic acids is 2. The normalized spacial score (nSPS) is 15.6. The van der Waals surface area contributed by atoms with Gasteiger partial charge in [-0.2, -0.15) is 0 Å². The molecular formula is C26H24FN3O2. The Morgan fingerprint density at radius 1 is 1.03 bits per heavy atom. The van der Waals surface area contributed by atoms with Crippen LogP contribution in [0.15, 0.2) is 77.8 Å². The summed E-state index contributed by atoms with van der Waals surface area (Å²) in [5.74, 6) is -1.49. The molecule has 1 atom stereocenters. The van der Waals surface area contributed by atoms with Crippen molar-refractivity contribution in [1.82, 2.24) is 0 Å². The number of hydrogen-bond donors (Lipinski definition) is 1. The fourth-order valence-corrected chi connectivity index (χ4v) is 3.80. The summed E-state index contributed by atoms with van der Waals surface area (Å²) in [5, 5.41) is 2.69. The average molecular weight is 429 g/mol. The molecule has 0 fully saturated rings. The lowest BCUT2D eigenvalue weighted by Gasteiger charge is -2.25. The Labute approximate surface area is 186 Å². The van der Waals surface area contributed by atoms with Crippen LogP contribution in [-0.4, -0.2) is 24.1 Å². The van der Waals surface area contributed by atoms with Crippen molar-refractivity contribution in [3.8, 4) is 0 Å². The first kappa shape index (κ1) is 21.4. The van der Waals surface area contributed by atoms with E-state index in [1.54, 1.807) is 25.1 Å². The number of rotatable bonds is 5. The molecule has 1 aliphatic rings. The molecule has 2 amide bonds. The van der Waals surface area contributed by atoms with Crippen LogP contribution in [-0.2, 0) is 16.0 Å². The highest BCUT2D eigenvalue weighted by atomic mass is 19.1. The molecule has 0 spiro atoms. The molecule has 4 rings (SSSR count). The zero-order chi connectivity index (χ0) is 22.7. The highest BCUT2D eigenvalue weighted by molar-refractivity contribution is 6.15. The van der Waals surface area contributed by atoms with Crippen LogP contribution < -0.4 is 10.2 Å². The van der Waals surface area contributed by atoms with Crippen LogP contribution in [0.1, 0.15) is 18.1 Å². The Balaban J connectivity index is 1.62. The second kappa shape index (κ2) is 9.14. The standard InChI is InChI=1S/C26H24FN3O2/c1-17-12-13-20(15-22(17)27)29-25(31)16-30-24-11-7-6-10-23(24)28-18(2)21(26(30)32)14-19-8-4-3-5-9-19/h3-13,15,21H,14,16H2,1-2H3,(H,29,31). The minimum Gasteiger partial charge on any atom is -0.324 e. The largest absolute Gasteiger partial charge is 0.324 e. The average Bonchev–Trinajstić information content (AvgIpc) is 2.87. The molecule has 1 N–H and O–H groups in total. The Morgan fingerprint density at radius 3 is 2.50 bits per heavy atom. The van der Waals surface area contributed by atoms with Crippen molar-refractivity contribution >= 4 is 34.6 Å². The van der Waals surface area contributed by atoms with E-state index in [9.17, 15) is 14.0 Å². The molecule has 6 heteroatoms. The number of nitrogens with one attached hydrogen (secondary N) is 1. The fraction of sp³-hybridized carbons (Fsp3) is 0.192. The van der Waals surface area contributed by atoms with Gasteiger partial charge in [-0.3, -0.25) is 14.6 Å². The third kappa shape index (κ3) is 4.59. The van der Waals surface area contributed by atoms with E-state index in [0.29, 0.717) is 34.8 Å². The predicted molar refractivity (Wildman–Crippen MR) is 125 cm³/mol. The lowest BCUT2D eigenvalue weighted by Crippen LogP contribution is -2.43. The van der Waals surface area contributed by atoms with E-state index >= 15 is 0 Å². The van der Waals surface area contributed by atoms with Gasteiger partial charge in [-0.15, -0.1) is 0 Å². The molecule has 0 aliphatic carbocycles. The highest BCUT2D eigenvalue weighted by Crippen LogP contribution is 2.34. The molecule has 1 heterocycles. The van der Waals surface area contributed by atoms with Gasteiger partial charge in [0, 0.05) is 11.4 Å². The molecule has 0 aromatic heterocycles. The Morgan fingerprint density at radius 2 is 1.75 bits per heavy atom. The van der Waals surface area contributed by atoms with Crippen molar-refractivity contribution < 1.29 is 14.0 Å². The summed E-state index contributed by atoms with van der Waals surface area (Å²) in [5.41, 5.74) is 3.79. The summed E-state index contributed by atoms with van der Waals surface area (Å²) in [6.45, 7) is 3.31. The number of para-hydroxylation sites is 2. The number of aryl methyl sites for hydroxylation is 1. The number of carbonyl (C=O) groups is 2. The lowest BCUT2D eigenvalue weighted by atomic mass is 9.94. The molecule has 1 aliphatic heterocycles.